The first-order valence-corrected chi connectivity index (χ1v) is 13.5. The van der Waals surface area contributed by atoms with Crippen molar-refractivity contribution >= 4 is 33.3 Å². The highest BCUT2D eigenvalue weighted by Gasteiger charge is 2.44. The van der Waals surface area contributed by atoms with Gasteiger partial charge in [-0.15, -0.1) is 11.3 Å². The van der Waals surface area contributed by atoms with Gasteiger partial charge in [-0.05, 0) is 43.1 Å². The molecule has 0 unspecified atom stereocenters. The van der Waals surface area contributed by atoms with Crippen LogP contribution in [0.5, 0.6) is 5.75 Å². The zero-order chi connectivity index (χ0) is 25.1. The second-order valence-electron chi connectivity index (χ2n) is 10.1. The molecule has 1 N–H and O–H groups in total. The Morgan fingerprint density at radius 2 is 1.81 bits per heavy atom. The number of aliphatic carboxylic acids is 1. The van der Waals surface area contributed by atoms with Gasteiger partial charge < -0.3 is 14.7 Å². The first kappa shape index (κ1) is 24.9. The fourth-order valence-electron chi connectivity index (χ4n) is 5.41. The van der Waals surface area contributed by atoms with Crippen LogP contribution in [0, 0.1) is 5.41 Å². The second-order valence-corrected chi connectivity index (χ2v) is 11.2. The maximum atomic E-state index is 13.4. The number of ketones is 1. The van der Waals surface area contributed by atoms with Crippen molar-refractivity contribution in [2.75, 3.05) is 46.4 Å². The Labute approximate surface area is 215 Å². The Morgan fingerprint density at radius 1 is 1.08 bits per heavy atom. The van der Waals surface area contributed by atoms with Crippen LogP contribution in [0.15, 0.2) is 42.5 Å². The number of hydrogen-bond donors (Lipinski definition) is 1. The molecule has 190 valence electrons. The molecule has 1 aliphatic heterocycles. The Hall–Kier alpha value is -2.81. The predicted octanol–water partition coefficient (Wildman–Crippen LogP) is 3.68. The number of aryl methyl sites for hydroxylation is 1. The van der Waals surface area contributed by atoms with Crippen molar-refractivity contribution in [2.24, 2.45) is 5.41 Å². The van der Waals surface area contributed by atoms with Gasteiger partial charge in [0.15, 0.2) is 0 Å². The number of likely N-dealkylation sites (N-methyl/N-ethyl adjacent to an activating group) is 1. The summed E-state index contributed by atoms with van der Waals surface area (Å²) in [5.41, 5.74) is 2.21. The molecule has 1 fully saturated rings. The van der Waals surface area contributed by atoms with Crippen molar-refractivity contribution in [1.82, 2.24) is 14.8 Å². The number of ether oxygens (including phenoxy) is 1. The minimum Gasteiger partial charge on any atom is -0.492 e. The van der Waals surface area contributed by atoms with Gasteiger partial charge >= 0.3 is 5.97 Å². The summed E-state index contributed by atoms with van der Waals surface area (Å²) >= 11 is 1.59. The van der Waals surface area contributed by atoms with Gasteiger partial charge in [0.2, 0.25) is 0 Å². The largest absolute Gasteiger partial charge is 0.492 e. The lowest BCUT2D eigenvalue weighted by atomic mass is 9.76. The number of thiazole rings is 1. The van der Waals surface area contributed by atoms with Gasteiger partial charge in [-0.2, -0.15) is 0 Å². The number of piperazine rings is 1. The second kappa shape index (κ2) is 10.7. The zero-order valence-corrected chi connectivity index (χ0v) is 21.6. The van der Waals surface area contributed by atoms with Gasteiger partial charge in [-0.3, -0.25) is 14.5 Å². The first-order valence-electron chi connectivity index (χ1n) is 12.7. The lowest BCUT2D eigenvalue weighted by Crippen LogP contribution is -2.45. The molecule has 36 heavy (non-hydrogen) atoms. The minimum absolute atomic E-state index is 0.0216. The number of benzene rings is 2. The molecule has 8 heteroatoms. The first-order chi connectivity index (χ1) is 17.4. The third-order valence-electron chi connectivity index (χ3n) is 7.50. The van der Waals surface area contributed by atoms with Gasteiger partial charge in [0.1, 0.15) is 18.1 Å². The summed E-state index contributed by atoms with van der Waals surface area (Å²) in [6, 6.07) is 13.9. The average Bonchev–Trinajstić information content (AvgIpc) is 3.44. The molecule has 2 aliphatic rings. The Balaban J connectivity index is 1.19. The predicted molar refractivity (Wildman–Crippen MR) is 141 cm³/mol. The number of Topliss-reactive ketones (excluding diaryl/α,β-unsaturated/α-hetero) is 1. The normalized spacial score (nSPS) is 17.8. The molecule has 0 saturated carbocycles. The highest BCUT2D eigenvalue weighted by molar-refractivity contribution is 7.18. The number of carbonyl (C=O) groups excluding carboxylic acids is 1. The van der Waals surface area contributed by atoms with Crippen LogP contribution in [0.3, 0.4) is 0 Å². The SMILES string of the molecule is CN1CCN(CCOc2ccc3sc(CCC(=O)C4(CC(=O)O)Cc5ccccc5C4)nc3c2)CC1. The molecular weight excluding hydrogens is 474 g/mol. The van der Waals surface area contributed by atoms with E-state index in [9.17, 15) is 14.7 Å². The summed E-state index contributed by atoms with van der Waals surface area (Å²) in [7, 11) is 2.16. The number of fused-ring (bicyclic) bond motifs is 2. The summed E-state index contributed by atoms with van der Waals surface area (Å²) in [5.74, 6) is -0.0849. The van der Waals surface area contributed by atoms with Gasteiger partial charge in [-0.1, -0.05) is 24.3 Å². The topological polar surface area (TPSA) is 83.0 Å². The Kier molecular flexibility index (Phi) is 7.37. The van der Waals surface area contributed by atoms with Crippen LogP contribution < -0.4 is 4.74 Å². The highest BCUT2D eigenvalue weighted by atomic mass is 32.1. The van der Waals surface area contributed by atoms with E-state index in [1.807, 2.05) is 42.5 Å². The van der Waals surface area contributed by atoms with E-state index in [1.54, 1.807) is 11.3 Å². The Morgan fingerprint density at radius 3 is 2.50 bits per heavy atom. The molecule has 5 rings (SSSR count). The van der Waals surface area contributed by atoms with Crippen LogP contribution in [0.25, 0.3) is 10.2 Å². The lowest BCUT2D eigenvalue weighted by molar-refractivity contribution is -0.144. The third-order valence-corrected chi connectivity index (χ3v) is 8.59. The maximum absolute atomic E-state index is 13.4. The molecule has 0 bridgehead atoms. The van der Waals surface area contributed by atoms with Crippen molar-refractivity contribution in [3.8, 4) is 5.75 Å². The van der Waals surface area contributed by atoms with Crippen molar-refractivity contribution in [3.05, 3.63) is 58.6 Å². The molecule has 0 amide bonds. The van der Waals surface area contributed by atoms with E-state index in [4.69, 9.17) is 9.72 Å². The van der Waals surface area contributed by atoms with Crippen LogP contribution in [0.4, 0.5) is 0 Å². The van der Waals surface area contributed by atoms with Crippen LogP contribution in [0.1, 0.15) is 29.0 Å². The number of hydrogen-bond acceptors (Lipinski definition) is 7. The maximum Gasteiger partial charge on any atom is 0.304 e. The van der Waals surface area contributed by atoms with E-state index < -0.39 is 11.4 Å². The van der Waals surface area contributed by atoms with Crippen LogP contribution in [-0.2, 0) is 28.9 Å². The Bertz CT molecular complexity index is 1220. The standard InChI is InChI=1S/C28H33N3O4S/c1-30-10-12-31(13-11-30)14-15-35-22-6-7-24-23(16-22)29-26(36-24)9-8-25(32)28(19-27(33)34)17-20-4-2-3-5-21(20)18-28/h2-7,16H,8-15,17-19H2,1H3,(H,33,34). The van der Waals surface area contributed by atoms with Crippen molar-refractivity contribution < 1.29 is 19.4 Å². The zero-order valence-electron chi connectivity index (χ0n) is 20.7. The fraction of sp³-hybridized carbons (Fsp3) is 0.464. The quantitative estimate of drug-likeness (QED) is 0.448. The fourth-order valence-corrected chi connectivity index (χ4v) is 6.35. The van der Waals surface area contributed by atoms with E-state index in [1.165, 1.54) is 0 Å². The number of carboxylic acids is 1. The number of nitrogens with zero attached hydrogens (tertiary/aromatic N) is 3. The number of aromatic nitrogens is 1. The van der Waals surface area contributed by atoms with Gasteiger partial charge in [0.05, 0.1) is 21.6 Å². The summed E-state index contributed by atoms with van der Waals surface area (Å²) < 4.78 is 7.07. The molecule has 1 aromatic heterocycles. The summed E-state index contributed by atoms with van der Waals surface area (Å²) in [4.78, 5) is 34.5. The number of carboxylic acid groups (broad SMARTS) is 1. The molecular formula is C28H33N3O4S. The van der Waals surface area contributed by atoms with Crippen molar-refractivity contribution in [1.29, 1.82) is 0 Å². The van der Waals surface area contributed by atoms with Crippen LogP contribution >= 0.6 is 11.3 Å². The molecule has 3 aromatic rings. The lowest BCUT2D eigenvalue weighted by Gasteiger charge is -2.32. The molecule has 1 aliphatic carbocycles. The monoisotopic (exact) mass is 507 g/mol. The molecule has 7 nitrogen and oxygen atoms in total. The molecule has 0 spiro atoms. The van der Waals surface area contributed by atoms with E-state index in [2.05, 4.69) is 16.8 Å². The van der Waals surface area contributed by atoms with E-state index in [0.29, 0.717) is 32.3 Å². The molecule has 0 atom stereocenters. The molecule has 1 saturated heterocycles. The summed E-state index contributed by atoms with van der Waals surface area (Å²) in [6.45, 7) is 5.91. The van der Waals surface area contributed by atoms with E-state index >= 15 is 0 Å². The van der Waals surface area contributed by atoms with E-state index in [-0.39, 0.29) is 12.2 Å². The number of rotatable bonds is 10. The third kappa shape index (κ3) is 5.61. The smallest absolute Gasteiger partial charge is 0.304 e. The van der Waals surface area contributed by atoms with E-state index in [0.717, 1.165) is 64.8 Å². The highest BCUT2D eigenvalue weighted by Crippen LogP contribution is 2.41. The number of carbonyl (C=O) groups is 2. The average molecular weight is 508 g/mol. The molecule has 0 radical (unpaired) electrons. The van der Waals surface area contributed by atoms with Gasteiger partial charge in [-0.25, -0.2) is 4.98 Å². The van der Waals surface area contributed by atoms with Gasteiger partial charge in [0, 0.05) is 57.0 Å². The van der Waals surface area contributed by atoms with Crippen molar-refractivity contribution in [3.63, 3.8) is 0 Å². The van der Waals surface area contributed by atoms with Crippen molar-refractivity contribution in [2.45, 2.75) is 32.1 Å². The summed E-state index contributed by atoms with van der Waals surface area (Å²) in [5, 5.41) is 10.4. The molecule has 2 heterocycles. The summed E-state index contributed by atoms with van der Waals surface area (Å²) in [6.07, 6.45) is 1.70. The molecule has 2 aromatic carbocycles. The van der Waals surface area contributed by atoms with Gasteiger partial charge in [0.25, 0.3) is 0 Å². The van der Waals surface area contributed by atoms with Crippen LogP contribution in [0.2, 0.25) is 0 Å². The van der Waals surface area contributed by atoms with Crippen LogP contribution in [-0.4, -0.2) is 78.0 Å². The minimum atomic E-state index is -0.920.